The third-order valence-electron chi connectivity index (χ3n) is 4.88. The Morgan fingerprint density at radius 3 is 2.73 bits per heavy atom. The highest BCUT2D eigenvalue weighted by Gasteiger charge is 2.17. The Labute approximate surface area is 176 Å². The van der Waals surface area contributed by atoms with E-state index in [2.05, 4.69) is 40.6 Å². The van der Waals surface area contributed by atoms with Crippen LogP contribution in [0.1, 0.15) is 51.1 Å². The number of nitrogens with zero attached hydrogens (tertiary/aromatic N) is 3. The van der Waals surface area contributed by atoms with Gasteiger partial charge in [-0.05, 0) is 51.9 Å². The molecule has 2 rings (SSSR count). The Morgan fingerprint density at radius 2 is 2.04 bits per heavy atom. The number of nitrogens with one attached hydrogen (secondary N) is 2. The van der Waals surface area contributed by atoms with Crippen molar-refractivity contribution in [3.05, 3.63) is 30.1 Å². The molecule has 1 aliphatic carbocycles. The van der Waals surface area contributed by atoms with E-state index in [1.165, 1.54) is 32.1 Å². The minimum absolute atomic E-state index is 0. The molecule has 0 aliphatic heterocycles. The minimum atomic E-state index is 0. The number of pyridine rings is 1. The Morgan fingerprint density at radius 1 is 1.23 bits per heavy atom. The van der Waals surface area contributed by atoms with E-state index in [9.17, 15) is 0 Å². The summed E-state index contributed by atoms with van der Waals surface area (Å²) < 4.78 is 0. The second kappa shape index (κ2) is 14.2. The van der Waals surface area contributed by atoms with Crippen LogP contribution in [0.25, 0.3) is 0 Å². The molecule has 0 radical (unpaired) electrons. The topological polar surface area (TPSA) is 52.6 Å². The molecule has 0 aromatic carbocycles. The molecule has 1 aromatic heterocycles. The summed E-state index contributed by atoms with van der Waals surface area (Å²) in [7, 11) is 2.27. The van der Waals surface area contributed by atoms with Crippen LogP contribution in [0, 0.1) is 0 Å². The molecule has 148 valence electrons. The summed E-state index contributed by atoms with van der Waals surface area (Å²) in [6.07, 6.45) is 10.8. The molecular weight excluding hydrogens is 437 g/mol. The Balaban J connectivity index is 0.00000338. The zero-order valence-electron chi connectivity index (χ0n) is 16.4. The molecule has 0 saturated heterocycles. The largest absolute Gasteiger partial charge is 0.357 e. The van der Waals surface area contributed by atoms with E-state index in [1.54, 1.807) is 0 Å². The predicted molar refractivity (Wildman–Crippen MR) is 121 cm³/mol. The van der Waals surface area contributed by atoms with Gasteiger partial charge in [-0.3, -0.25) is 9.98 Å². The summed E-state index contributed by atoms with van der Waals surface area (Å²) in [5, 5.41) is 6.73. The predicted octanol–water partition coefficient (Wildman–Crippen LogP) is 3.45. The van der Waals surface area contributed by atoms with Crippen molar-refractivity contribution in [2.24, 2.45) is 4.99 Å². The Kier molecular flexibility index (Phi) is 12.6. The van der Waals surface area contributed by atoms with Crippen molar-refractivity contribution in [2.75, 3.05) is 33.2 Å². The van der Waals surface area contributed by atoms with Crippen LogP contribution in [0.4, 0.5) is 0 Å². The SMILES string of the molecule is CCNC(=NCCCN(C)C1CCCCC1)NCCc1ccccn1.I. The highest BCUT2D eigenvalue weighted by Crippen LogP contribution is 2.21. The lowest BCUT2D eigenvalue weighted by Gasteiger charge is -2.31. The lowest BCUT2D eigenvalue weighted by atomic mass is 9.94. The van der Waals surface area contributed by atoms with Gasteiger partial charge in [-0.2, -0.15) is 0 Å². The maximum absolute atomic E-state index is 4.71. The molecule has 2 N–H and O–H groups in total. The molecule has 5 nitrogen and oxygen atoms in total. The molecule has 1 aliphatic rings. The maximum atomic E-state index is 4.71. The number of guanidine groups is 1. The highest BCUT2D eigenvalue weighted by atomic mass is 127. The summed E-state index contributed by atoms with van der Waals surface area (Å²) in [6.45, 7) is 5.85. The summed E-state index contributed by atoms with van der Waals surface area (Å²) in [5.41, 5.74) is 1.11. The van der Waals surface area contributed by atoms with Gasteiger partial charge in [-0.1, -0.05) is 25.3 Å². The van der Waals surface area contributed by atoms with E-state index in [1.807, 2.05) is 18.3 Å². The van der Waals surface area contributed by atoms with Gasteiger partial charge >= 0.3 is 0 Å². The zero-order chi connectivity index (χ0) is 17.7. The van der Waals surface area contributed by atoms with Gasteiger partial charge in [0.15, 0.2) is 5.96 Å². The summed E-state index contributed by atoms with van der Waals surface area (Å²) in [5.74, 6) is 0.916. The molecule has 0 amide bonds. The molecule has 1 aromatic rings. The average molecular weight is 473 g/mol. The first-order valence-electron chi connectivity index (χ1n) is 9.92. The fourth-order valence-electron chi connectivity index (χ4n) is 3.41. The summed E-state index contributed by atoms with van der Waals surface area (Å²) in [6, 6.07) is 6.84. The first-order valence-corrected chi connectivity index (χ1v) is 9.92. The second-order valence-electron chi connectivity index (χ2n) is 6.88. The van der Waals surface area contributed by atoms with E-state index >= 15 is 0 Å². The smallest absolute Gasteiger partial charge is 0.191 e. The number of aliphatic imine (C=N–C) groups is 1. The third kappa shape index (κ3) is 9.16. The maximum Gasteiger partial charge on any atom is 0.191 e. The molecule has 0 bridgehead atoms. The van der Waals surface area contributed by atoms with Crippen LogP contribution in [-0.4, -0.2) is 55.1 Å². The van der Waals surface area contributed by atoms with E-state index < -0.39 is 0 Å². The van der Waals surface area contributed by atoms with E-state index in [0.29, 0.717) is 0 Å². The lowest BCUT2D eigenvalue weighted by Crippen LogP contribution is -2.38. The third-order valence-corrected chi connectivity index (χ3v) is 4.88. The molecule has 0 spiro atoms. The van der Waals surface area contributed by atoms with E-state index in [4.69, 9.17) is 4.99 Å². The molecule has 1 saturated carbocycles. The Bertz CT molecular complexity index is 488. The van der Waals surface area contributed by atoms with Crippen molar-refractivity contribution < 1.29 is 0 Å². The van der Waals surface area contributed by atoms with Crippen molar-refractivity contribution in [2.45, 2.75) is 57.9 Å². The molecule has 1 fully saturated rings. The van der Waals surface area contributed by atoms with Crippen molar-refractivity contribution >= 4 is 29.9 Å². The number of halogens is 1. The van der Waals surface area contributed by atoms with Gasteiger partial charge in [0.1, 0.15) is 0 Å². The lowest BCUT2D eigenvalue weighted by molar-refractivity contribution is 0.191. The standard InChI is InChI=1S/C20H35N5.HI/c1-3-21-20(24-16-13-18-10-7-8-14-22-18)23-15-9-17-25(2)19-11-5-4-6-12-19;/h7-8,10,14,19H,3-6,9,11-13,15-17H2,1-2H3,(H2,21,23,24);1H. The molecule has 6 heteroatoms. The summed E-state index contributed by atoms with van der Waals surface area (Å²) >= 11 is 0. The van der Waals surface area contributed by atoms with Gasteiger partial charge in [0, 0.05) is 44.0 Å². The number of aromatic nitrogens is 1. The number of rotatable bonds is 9. The zero-order valence-corrected chi connectivity index (χ0v) is 18.7. The van der Waals surface area contributed by atoms with Gasteiger partial charge in [0.2, 0.25) is 0 Å². The van der Waals surface area contributed by atoms with Gasteiger partial charge < -0.3 is 15.5 Å². The second-order valence-corrected chi connectivity index (χ2v) is 6.88. The fourth-order valence-corrected chi connectivity index (χ4v) is 3.41. The van der Waals surface area contributed by atoms with Crippen LogP contribution < -0.4 is 10.6 Å². The molecule has 26 heavy (non-hydrogen) atoms. The minimum Gasteiger partial charge on any atom is -0.357 e. The molecule has 1 heterocycles. The van der Waals surface area contributed by atoms with Crippen LogP contribution in [0.5, 0.6) is 0 Å². The van der Waals surface area contributed by atoms with Crippen molar-refractivity contribution in [1.29, 1.82) is 0 Å². The van der Waals surface area contributed by atoms with Crippen molar-refractivity contribution in [3.63, 3.8) is 0 Å². The monoisotopic (exact) mass is 473 g/mol. The van der Waals surface area contributed by atoms with Crippen LogP contribution in [0.2, 0.25) is 0 Å². The van der Waals surface area contributed by atoms with Gasteiger partial charge in [0.25, 0.3) is 0 Å². The van der Waals surface area contributed by atoms with Crippen molar-refractivity contribution in [3.8, 4) is 0 Å². The number of hydrogen-bond acceptors (Lipinski definition) is 3. The molecular formula is C20H36IN5. The molecule has 0 unspecified atom stereocenters. The van der Waals surface area contributed by atoms with Crippen LogP contribution in [0.3, 0.4) is 0 Å². The van der Waals surface area contributed by atoms with Crippen molar-refractivity contribution in [1.82, 2.24) is 20.5 Å². The van der Waals surface area contributed by atoms with Crippen LogP contribution in [-0.2, 0) is 6.42 Å². The van der Waals surface area contributed by atoms with E-state index in [-0.39, 0.29) is 24.0 Å². The first kappa shape index (κ1) is 23.1. The quantitative estimate of drug-likeness (QED) is 0.250. The Hall–Kier alpha value is -0.890. The van der Waals surface area contributed by atoms with Gasteiger partial charge in [0.05, 0.1) is 0 Å². The molecule has 0 atom stereocenters. The van der Waals surface area contributed by atoms with E-state index in [0.717, 1.165) is 56.7 Å². The summed E-state index contributed by atoms with van der Waals surface area (Å²) in [4.78, 5) is 11.6. The number of hydrogen-bond donors (Lipinski definition) is 2. The van der Waals surface area contributed by atoms with Crippen LogP contribution in [0.15, 0.2) is 29.4 Å². The van der Waals surface area contributed by atoms with Crippen LogP contribution >= 0.6 is 24.0 Å². The fraction of sp³-hybridized carbons (Fsp3) is 0.700. The van der Waals surface area contributed by atoms with Gasteiger partial charge in [-0.25, -0.2) is 0 Å². The average Bonchev–Trinajstić information content (AvgIpc) is 2.66. The highest BCUT2D eigenvalue weighted by molar-refractivity contribution is 14.0. The normalized spacial score (nSPS) is 15.6. The van der Waals surface area contributed by atoms with Gasteiger partial charge in [-0.15, -0.1) is 24.0 Å². The first-order chi connectivity index (χ1) is 12.3.